The molecule has 378 valence electrons. The Hall–Kier alpha value is -7.70. The number of H-pyrrole nitrogens is 1. The van der Waals surface area contributed by atoms with Crippen molar-refractivity contribution in [3.63, 3.8) is 0 Å². The first-order valence-corrected chi connectivity index (χ1v) is 24.1. The summed E-state index contributed by atoms with van der Waals surface area (Å²) in [5.74, 6) is 0.424. The van der Waals surface area contributed by atoms with Gasteiger partial charge in [0.05, 0.1) is 66.2 Å². The van der Waals surface area contributed by atoms with Crippen LogP contribution in [0.3, 0.4) is 0 Å². The van der Waals surface area contributed by atoms with Gasteiger partial charge in [0.1, 0.15) is 30.5 Å². The Balaban J connectivity index is 0.00000131. The minimum absolute atomic E-state index is 0.188. The summed E-state index contributed by atoms with van der Waals surface area (Å²) in [4.78, 5) is 69.4. The lowest BCUT2D eigenvalue weighted by Crippen LogP contribution is -2.45. The molecule has 1 fully saturated rings. The molecule has 0 spiro atoms. The number of methoxy groups -OCH3 is 2. The number of nitrogens with one attached hydrogen (secondary N) is 4. The van der Waals surface area contributed by atoms with Crippen LogP contribution >= 0.6 is 0 Å². The van der Waals surface area contributed by atoms with Gasteiger partial charge in [-0.05, 0) is 68.4 Å². The first kappa shape index (κ1) is 52.7. The molecule has 2 aliphatic rings. The minimum Gasteiger partial charge on any atom is -0.462 e. The molecule has 18 nitrogen and oxygen atoms in total. The molecule has 6 aromatic rings. The lowest BCUT2D eigenvalue weighted by molar-refractivity contribution is -0.131. The van der Waals surface area contributed by atoms with E-state index in [4.69, 9.17) is 9.72 Å². The number of hydrogen-bond acceptors (Lipinski definition) is 11. The van der Waals surface area contributed by atoms with Crippen molar-refractivity contribution in [2.24, 2.45) is 12.0 Å². The number of aliphatic imine (C=N–C) groups is 1. The number of rotatable bonds is 15. The van der Waals surface area contributed by atoms with Gasteiger partial charge in [0.25, 0.3) is 0 Å². The van der Waals surface area contributed by atoms with Crippen molar-refractivity contribution in [3.8, 4) is 28.3 Å². The number of aryl methyl sites for hydroxylation is 1. The van der Waals surface area contributed by atoms with Gasteiger partial charge in [-0.3, -0.25) is 19.1 Å². The number of carbonyl (C=O) groups is 4. The van der Waals surface area contributed by atoms with Gasteiger partial charge in [0.2, 0.25) is 18.0 Å². The van der Waals surface area contributed by atoms with Crippen LogP contribution in [0, 0.1) is 5.82 Å². The normalized spacial score (nSPS) is 14.7. The third kappa shape index (κ3) is 12.2. The number of para-hydroxylation sites is 2. The van der Waals surface area contributed by atoms with E-state index in [0.29, 0.717) is 66.1 Å². The van der Waals surface area contributed by atoms with Crippen LogP contribution in [0.15, 0.2) is 78.1 Å². The van der Waals surface area contributed by atoms with E-state index in [1.165, 1.54) is 39.3 Å². The Morgan fingerprint density at radius 2 is 1.68 bits per heavy atom. The fraction of sp³-hybridized carbons (Fsp3) is 0.404. The van der Waals surface area contributed by atoms with E-state index in [0.717, 1.165) is 40.3 Å². The maximum Gasteiger partial charge on any atom is 0.407 e. The number of aromatic nitrogens is 5. The number of likely N-dealkylation sites (tertiary alicyclic amines) is 1. The summed E-state index contributed by atoms with van der Waals surface area (Å²) in [6, 6.07) is 18.6. The number of imidazole rings is 2. The number of benzene rings is 3. The second-order valence-corrected chi connectivity index (χ2v) is 17.1. The van der Waals surface area contributed by atoms with Gasteiger partial charge < -0.3 is 49.5 Å². The molecule has 3 aromatic carbocycles. The summed E-state index contributed by atoms with van der Waals surface area (Å²) in [5, 5.41) is 9.07. The van der Waals surface area contributed by atoms with Crippen LogP contribution in [0.4, 0.5) is 14.0 Å². The molecular formula is C52H66FN11O7. The van der Waals surface area contributed by atoms with Crippen LogP contribution in [0.1, 0.15) is 90.2 Å². The molecule has 0 radical (unpaired) electrons. The number of alkyl carbamates (subject to hydrolysis) is 2. The van der Waals surface area contributed by atoms with Gasteiger partial charge in [0.15, 0.2) is 5.82 Å². The Labute approximate surface area is 413 Å². The van der Waals surface area contributed by atoms with Crippen LogP contribution in [0.5, 0.6) is 5.75 Å². The monoisotopic (exact) mass is 976 g/mol. The summed E-state index contributed by atoms with van der Waals surface area (Å²) in [6.07, 6.45) is 5.76. The van der Waals surface area contributed by atoms with E-state index in [2.05, 4.69) is 74.8 Å². The van der Waals surface area contributed by atoms with Gasteiger partial charge in [-0.1, -0.05) is 65.7 Å². The van der Waals surface area contributed by atoms with Crippen molar-refractivity contribution in [1.29, 1.82) is 0 Å². The number of carbonyl (C=O) groups excluding carboxylic acids is 4. The van der Waals surface area contributed by atoms with E-state index < -0.39 is 24.2 Å². The quantitative estimate of drug-likeness (QED) is 0.0723. The standard InChI is InChI=1S/C46H50FN11O7.2C3H8/c1-6-15-56(40(59)24-51-45(61)63-4)26-39-50-23-34(53-39)27-13-14-35-29(17-27)19-37-42-31(47)18-28(20-38(42)65-44(58(35)37)43-54-32-11-7-8-12-36(32)55(43)3)33(22-48-2)49-21-30-10-9-16-57(30)41(60)25-52-46(62)64-5;2*1-3-2/h7-8,11-14,17-20,22-23,30,44,49H,2,6,9-10,15-16,21,24-26H2,1,3-5H3,(H,50,53)(H,51,61)(H,52,62);2*3H2,1-2H3/b33-22-;;/t30-,44?;;/m0../s1. The SMILES string of the molecule is C=N/C=C(\NC[C@@H]1CCCN1C(=O)CNC(=O)OC)c1cc(F)c2c(c1)OC(c1nc3ccccc3n1C)n1c-2cc2cc(-c3cnc(CN(CCC)C(=O)CNC(=O)OC)[nH]3)ccc21.CCC.CCC. The van der Waals surface area contributed by atoms with Crippen molar-refractivity contribution in [2.75, 3.05) is 46.9 Å². The summed E-state index contributed by atoms with van der Waals surface area (Å²) in [5.41, 5.74) is 5.78. The molecule has 0 aliphatic carbocycles. The molecule has 5 heterocycles. The molecule has 4 N–H and O–H groups in total. The summed E-state index contributed by atoms with van der Waals surface area (Å²) in [6.45, 7) is 15.3. The number of amides is 4. The highest BCUT2D eigenvalue weighted by atomic mass is 19.1. The predicted molar refractivity (Wildman–Crippen MR) is 273 cm³/mol. The third-order valence-corrected chi connectivity index (χ3v) is 11.7. The van der Waals surface area contributed by atoms with Crippen LogP contribution in [-0.2, 0) is 32.7 Å². The largest absolute Gasteiger partial charge is 0.462 e. The summed E-state index contributed by atoms with van der Waals surface area (Å²) >= 11 is 0. The lowest BCUT2D eigenvalue weighted by atomic mass is 10.0. The zero-order valence-corrected chi connectivity index (χ0v) is 41.9. The average Bonchev–Trinajstić information content (AvgIpc) is 4.19. The predicted octanol–water partition coefficient (Wildman–Crippen LogP) is 8.53. The fourth-order valence-electron chi connectivity index (χ4n) is 8.56. The smallest absolute Gasteiger partial charge is 0.407 e. The zero-order valence-electron chi connectivity index (χ0n) is 41.9. The van der Waals surface area contributed by atoms with Gasteiger partial charge in [0, 0.05) is 55.4 Å². The van der Waals surface area contributed by atoms with Gasteiger partial charge >= 0.3 is 12.2 Å². The van der Waals surface area contributed by atoms with Crippen molar-refractivity contribution in [3.05, 3.63) is 96.1 Å². The minimum atomic E-state index is -0.808. The molecule has 71 heavy (non-hydrogen) atoms. The Kier molecular flexibility index (Phi) is 18.3. The second kappa shape index (κ2) is 24.7. The molecule has 1 saturated heterocycles. The highest BCUT2D eigenvalue weighted by Gasteiger charge is 2.35. The van der Waals surface area contributed by atoms with Crippen LogP contribution < -0.4 is 20.7 Å². The maximum absolute atomic E-state index is 16.9. The summed E-state index contributed by atoms with van der Waals surface area (Å²) in [7, 11) is 4.40. The van der Waals surface area contributed by atoms with E-state index in [9.17, 15) is 19.2 Å². The second-order valence-electron chi connectivity index (χ2n) is 17.1. The lowest BCUT2D eigenvalue weighted by Gasteiger charge is -2.30. The van der Waals surface area contributed by atoms with Crippen LogP contribution in [0.25, 0.3) is 50.1 Å². The molecule has 19 heteroatoms. The van der Waals surface area contributed by atoms with Crippen molar-refractivity contribution < 1.29 is 37.8 Å². The molecule has 1 unspecified atom stereocenters. The number of halogens is 1. The number of ether oxygens (including phenoxy) is 3. The number of nitrogens with zero attached hydrogens (tertiary/aromatic N) is 7. The van der Waals surface area contributed by atoms with Gasteiger partial charge in [-0.15, -0.1) is 0 Å². The van der Waals surface area contributed by atoms with E-state index in [1.807, 2.05) is 71.6 Å². The molecule has 4 amide bonds. The molecule has 0 saturated carbocycles. The fourth-order valence-corrected chi connectivity index (χ4v) is 8.56. The van der Waals surface area contributed by atoms with E-state index in [1.54, 1.807) is 22.1 Å². The van der Waals surface area contributed by atoms with E-state index >= 15 is 4.39 Å². The molecule has 2 aliphatic heterocycles. The average molecular weight is 976 g/mol. The van der Waals surface area contributed by atoms with Crippen LogP contribution in [-0.4, -0.2) is 118 Å². The van der Waals surface area contributed by atoms with Gasteiger partial charge in [-0.25, -0.2) is 23.9 Å². The maximum atomic E-state index is 16.9. The molecule has 2 atom stereocenters. The first-order valence-electron chi connectivity index (χ1n) is 24.1. The number of aromatic amines is 1. The van der Waals surface area contributed by atoms with Gasteiger partial charge in [-0.2, -0.15) is 0 Å². The number of fused-ring (bicyclic) bond motifs is 6. The topological polar surface area (TPSA) is 202 Å². The Bertz CT molecular complexity index is 2870. The molecular weight excluding hydrogens is 910 g/mol. The third-order valence-electron chi connectivity index (χ3n) is 11.7. The number of hydrogen-bond donors (Lipinski definition) is 4. The zero-order chi connectivity index (χ0) is 51.2. The van der Waals surface area contributed by atoms with Crippen molar-refractivity contribution in [2.45, 2.75) is 85.5 Å². The summed E-state index contributed by atoms with van der Waals surface area (Å²) < 4.78 is 36.9. The Morgan fingerprint density at radius 1 is 0.958 bits per heavy atom. The molecule has 8 rings (SSSR count). The molecule has 0 bridgehead atoms. The van der Waals surface area contributed by atoms with E-state index in [-0.39, 0.29) is 43.1 Å². The molecule has 3 aromatic heterocycles. The highest BCUT2D eigenvalue weighted by molar-refractivity contribution is 5.93. The van der Waals surface area contributed by atoms with Crippen LogP contribution in [0.2, 0.25) is 0 Å². The van der Waals surface area contributed by atoms with Crippen molar-refractivity contribution >= 4 is 58.4 Å². The first-order chi connectivity index (χ1) is 34.3. The van der Waals surface area contributed by atoms with Crippen molar-refractivity contribution in [1.82, 2.24) is 49.8 Å². The highest BCUT2D eigenvalue weighted by Crippen LogP contribution is 2.47. The Morgan fingerprint density at radius 3 is 2.37 bits per heavy atom.